The van der Waals surface area contributed by atoms with E-state index in [1.807, 2.05) is 6.92 Å². The number of esters is 1. The molecule has 1 saturated heterocycles. The number of nitrogens with zero attached hydrogens (tertiary/aromatic N) is 2. The lowest BCUT2D eigenvalue weighted by Crippen LogP contribution is -2.43. The number of hydrogen-bond acceptors (Lipinski definition) is 7. The summed E-state index contributed by atoms with van der Waals surface area (Å²) in [6, 6.07) is 1.81. The molecule has 2 heterocycles. The normalized spacial score (nSPS) is 18.1. The summed E-state index contributed by atoms with van der Waals surface area (Å²) in [6.07, 6.45) is -1.70. The summed E-state index contributed by atoms with van der Waals surface area (Å²) in [5, 5.41) is 0. The fourth-order valence-electron chi connectivity index (χ4n) is 2.90. The van der Waals surface area contributed by atoms with Crippen LogP contribution in [-0.4, -0.2) is 73.7 Å². The van der Waals surface area contributed by atoms with Crippen LogP contribution in [0.5, 0.6) is 5.88 Å². The summed E-state index contributed by atoms with van der Waals surface area (Å²) in [4.78, 5) is 29.7. The Kier molecular flexibility index (Phi) is 8.04. The number of hydrogen-bond donors (Lipinski definition) is 0. The number of rotatable bonds is 9. The number of carbonyl (C=O) groups is 2. The first kappa shape index (κ1) is 23.9. The van der Waals surface area contributed by atoms with Crippen LogP contribution in [0.2, 0.25) is 0 Å². The van der Waals surface area contributed by atoms with Crippen molar-refractivity contribution in [2.45, 2.75) is 38.4 Å². The molecule has 0 aromatic carbocycles. The van der Waals surface area contributed by atoms with Crippen LogP contribution in [0.4, 0.5) is 13.2 Å². The van der Waals surface area contributed by atoms with Crippen molar-refractivity contribution in [3.63, 3.8) is 0 Å². The Morgan fingerprint density at radius 3 is 2.57 bits per heavy atom. The number of amides is 1. The second-order valence-corrected chi connectivity index (χ2v) is 9.09. The van der Waals surface area contributed by atoms with E-state index < -0.39 is 47.1 Å². The average molecular weight is 452 g/mol. The minimum Gasteiger partial charge on any atom is -0.468 e. The molecule has 0 radical (unpaired) electrons. The number of aromatic nitrogens is 1. The van der Waals surface area contributed by atoms with E-state index in [1.165, 1.54) is 11.0 Å². The maximum Gasteiger partial charge on any atom is 0.422 e. The molecular weight excluding hydrogens is 429 g/mol. The van der Waals surface area contributed by atoms with Crippen LogP contribution in [0.15, 0.2) is 18.3 Å². The molecule has 8 nitrogen and oxygen atoms in total. The highest BCUT2D eigenvalue weighted by Gasteiger charge is 2.34. The molecular formula is C18H23F3N2O6S. The third-order valence-corrected chi connectivity index (χ3v) is 6.15. The quantitative estimate of drug-likeness (QED) is 0.528. The minimum absolute atomic E-state index is 0.0157. The third kappa shape index (κ3) is 7.47. The average Bonchev–Trinajstić information content (AvgIpc) is 3.04. The summed E-state index contributed by atoms with van der Waals surface area (Å²) in [5.41, 5.74) is -0.0642. The first-order valence-electron chi connectivity index (χ1n) is 9.33. The minimum atomic E-state index is -4.51. The maximum atomic E-state index is 12.5. The van der Waals surface area contributed by atoms with Crippen LogP contribution in [0.1, 0.15) is 36.5 Å². The Morgan fingerprint density at radius 1 is 1.30 bits per heavy atom. The standard InChI is InChI=1S/C18H23F3N2O6S/c1-2-3-7-23(14-6-8-30(26,27)11-14)16(24)10-28-17(25)13-4-5-15(22-9-13)29-12-18(19,20)21/h4-5,9,14H,2-3,6-8,10-12H2,1H3. The van der Waals surface area contributed by atoms with Crippen LogP contribution in [-0.2, 0) is 19.4 Å². The highest BCUT2D eigenvalue weighted by atomic mass is 32.2. The Bertz CT molecular complexity index is 842. The van der Waals surface area contributed by atoms with E-state index in [9.17, 15) is 31.2 Å². The van der Waals surface area contributed by atoms with Gasteiger partial charge < -0.3 is 14.4 Å². The third-order valence-electron chi connectivity index (χ3n) is 4.40. The molecule has 1 aliphatic rings. The van der Waals surface area contributed by atoms with Crippen LogP contribution in [0.3, 0.4) is 0 Å². The van der Waals surface area contributed by atoms with Crippen LogP contribution in [0.25, 0.3) is 0 Å². The van der Waals surface area contributed by atoms with Crippen LogP contribution >= 0.6 is 0 Å². The van der Waals surface area contributed by atoms with Crippen molar-refractivity contribution in [1.82, 2.24) is 9.88 Å². The summed E-state index contributed by atoms with van der Waals surface area (Å²) < 4.78 is 69.2. The monoisotopic (exact) mass is 452 g/mol. The molecule has 0 N–H and O–H groups in total. The van der Waals surface area contributed by atoms with Gasteiger partial charge in [-0.05, 0) is 18.9 Å². The molecule has 1 aromatic heterocycles. The Balaban J connectivity index is 1.92. The molecule has 1 unspecified atom stereocenters. The Labute approximate surface area is 172 Å². The SMILES string of the molecule is CCCCN(C(=O)COC(=O)c1ccc(OCC(F)(F)F)nc1)C1CCS(=O)(=O)C1. The Morgan fingerprint density at radius 2 is 2.03 bits per heavy atom. The van der Waals surface area contributed by atoms with Crippen LogP contribution in [0, 0.1) is 0 Å². The van der Waals surface area contributed by atoms with Gasteiger partial charge in [0.05, 0.1) is 17.1 Å². The zero-order valence-electron chi connectivity index (χ0n) is 16.4. The number of ether oxygens (including phenoxy) is 2. The molecule has 1 atom stereocenters. The van der Waals surface area contributed by atoms with Gasteiger partial charge in [0.2, 0.25) is 5.88 Å². The van der Waals surface area contributed by atoms with Crippen molar-refractivity contribution >= 4 is 21.7 Å². The van der Waals surface area contributed by atoms with Crippen molar-refractivity contribution < 1.29 is 40.7 Å². The zero-order chi connectivity index (χ0) is 22.4. The van der Waals surface area contributed by atoms with Gasteiger partial charge in [-0.25, -0.2) is 18.2 Å². The molecule has 1 fully saturated rings. The molecule has 0 aliphatic carbocycles. The molecule has 12 heteroatoms. The van der Waals surface area contributed by atoms with Gasteiger partial charge in [-0.3, -0.25) is 4.79 Å². The van der Waals surface area contributed by atoms with Crippen molar-refractivity contribution in [3.8, 4) is 5.88 Å². The molecule has 0 bridgehead atoms. The second-order valence-electron chi connectivity index (χ2n) is 6.86. The molecule has 1 amide bonds. The number of unbranched alkanes of at least 4 members (excludes halogenated alkanes) is 1. The topological polar surface area (TPSA) is 103 Å². The fraction of sp³-hybridized carbons (Fsp3) is 0.611. The molecule has 1 aliphatic heterocycles. The summed E-state index contributed by atoms with van der Waals surface area (Å²) in [6.45, 7) is 0.206. The van der Waals surface area contributed by atoms with E-state index in [0.717, 1.165) is 18.7 Å². The highest BCUT2D eigenvalue weighted by molar-refractivity contribution is 7.91. The molecule has 0 saturated carbocycles. The van der Waals surface area contributed by atoms with Crippen molar-refractivity contribution in [1.29, 1.82) is 0 Å². The van der Waals surface area contributed by atoms with Gasteiger partial charge in [-0.15, -0.1) is 0 Å². The second kappa shape index (κ2) is 10.1. The van der Waals surface area contributed by atoms with Gasteiger partial charge in [-0.1, -0.05) is 13.3 Å². The van der Waals surface area contributed by atoms with Gasteiger partial charge in [-0.2, -0.15) is 13.2 Å². The zero-order valence-corrected chi connectivity index (χ0v) is 17.2. The van der Waals surface area contributed by atoms with E-state index in [0.29, 0.717) is 19.4 Å². The van der Waals surface area contributed by atoms with Crippen molar-refractivity contribution in [3.05, 3.63) is 23.9 Å². The van der Waals surface area contributed by atoms with Gasteiger partial charge in [0, 0.05) is 24.8 Å². The smallest absolute Gasteiger partial charge is 0.422 e. The van der Waals surface area contributed by atoms with Crippen molar-refractivity contribution in [2.75, 3.05) is 31.3 Å². The van der Waals surface area contributed by atoms with Gasteiger partial charge in [0.25, 0.3) is 5.91 Å². The number of alkyl halides is 3. The summed E-state index contributed by atoms with van der Waals surface area (Å²) in [7, 11) is -3.18. The lowest BCUT2D eigenvalue weighted by molar-refractivity contribution is -0.154. The van der Waals surface area contributed by atoms with E-state index in [1.54, 1.807) is 0 Å². The van der Waals surface area contributed by atoms with Crippen molar-refractivity contribution in [2.24, 2.45) is 0 Å². The van der Waals surface area contributed by atoms with E-state index in [4.69, 9.17) is 4.74 Å². The number of sulfone groups is 1. The molecule has 1 aromatic rings. The van der Waals surface area contributed by atoms with Gasteiger partial charge >= 0.3 is 12.1 Å². The first-order chi connectivity index (χ1) is 14.0. The maximum absolute atomic E-state index is 12.5. The van der Waals surface area contributed by atoms with E-state index >= 15 is 0 Å². The van der Waals surface area contributed by atoms with Gasteiger partial charge in [0.1, 0.15) is 0 Å². The summed E-state index contributed by atoms with van der Waals surface area (Å²) in [5.74, 6) is -1.79. The van der Waals surface area contributed by atoms with E-state index in [2.05, 4.69) is 9.72 Å². The molecule has 168 valence electrons. The predicted octanol–water partition coefficient (Wildman–Crippen LogP) is 2.00. The van der Waals surface area contributed by atoms with Gasteiger partial charge in [0.15, 0.2) is 23.1 Å². The van der Waals surface area contributed by atoms with Crippen LogP contribution < -0.4 is 4.74 Å². The lowest BCUT2D eigenvalue weighted by atomic mass is 10.2. The first-order valence-corrected chi connectivity index (χ1v) is 11.2. The summed E-state index contributed by atoms with van der Waals surface area (Å²) >= 11 is 0. The molecule has 2 rings (SSSR count). The number of halogens is 3. The largest absolute Gasteiger partial charge is 0.468 e. The molecule has 0 spiro atoms. The number of carbonyl (C=O) groups excluding carboxylic acids is 2. The fourth-order valence-corrected chi connectivity index (χ4v) is 4.63. The highest BCUT2D eigenvalue weighted by Crippen LogP contribution is 2.19. The number of pyridine rings is 1. The lowest BCUT2D eigenvalue weighted by Gasteiger charge is -2.28. The van der Waals surface area contributed by atoms with E-state index in [-0.39, 0.29) is 22.9 Å². The Hall–Kier alpha value is -2.37. The predicted molar refractivity (Wildman–Crippen MR) is 99.7 cm³/mol. The molecule has 30 heavy (non-hydrogen) atoms.